The molecule has 2 N–H and O–H groups in total. The number of phenolic OH excluding ortho intramolecular Hbond substituents is 1. The maximum Gasteiger partial charge on any atom is 0.410 e. The number of benzene rings is 1. The summed E-state index contributed by atoms with van der Waals surface area (Å²) in [6.45, 7) is 7.63. The van der Waals surface area contributed by atoms with E-state index in [1.807, 2.05) is 20.8 Å². The SMILES string of the molecule is CC(C)(C)OC(=O)N1CC[NH+]([C@H]2CC(=O)N(c3ccc(O)cc3)C2=O)CC1. The summed E-state index contributed by atoms with van der Waals surface area (Å²) in [5, 5.41) is 9.39. The number of quaternary nitrogens is 1. The molecule has 0 bridgehead atoms. The summed E-state index contributed by atoms with van der Waals surface area (Å²) in [7, 11) is 0. The summed E-state index contributed by atoms with van der Waals surface area (Å²) in [5.74, 6) is -0.387. The van der Waals surface area contributed by atoms with Gasteiger partial charge in [0.2, 0.25) is 5.91 Å². The molecule has 1 atom stereocenters. The van der Waals surface area contributed by atoms with Gasteiger partial charge in [-0.1, -0.05) is 0 Å². The third-order valence-electron chi connectivity index (χ3n) is 4.80. The van der Waals surface area contributed by atoms with Crippen molar-refractivity contribution in [2.75, 3.05) is 31.1 Å². The molecule has 2 aliphatic rings. The molecule has 3 rings (SSSR count). The molecule has 2 aliphatic heterocycles. The number of hydrogen-bond donors (Lipinski definition) is 2. The molecule has 2 saturated heterocycles. The van der Waals surface area contributed by atoms with Gasteiger partial charge >= 0.3 is 6.09 Å². The van der Waals surface area contributed by atoms with E-state index in [1.54, 1.807) is 17.0 Å². The van der Waals surface area contributed by atoms with Gasteiger partial charge in [0.15, 0.2) is 6.04 Å². The average Bonchev–Trinajstić information content (AvgIpc) is 2.89. The summed E-state index contributed by atoms with van der Waals surface area (Å²) in [6, 6.07) is 5.59. The molecule has 0 unspecified atom stereocenters. The normalized spacial score (nSPS) is 21.7. The van der Waals surface area contributed by atoms with Gasteiger partial charge in [0.25, 0.3) is 5.91 Å². The molecule has 27 heavy (non-hydrogen) atoms. The number of imide groups is 1. The number of nitrogens with zero attached hydrogens (tertiary/aromatic N) is 2. The van der Waals surface area contributed by atoms with Crippen molar-refractivity contribution in [2.45, 2.75) is 38.8 Å². The number of hydrogen-bond acceptors (Lipinski definition) is 5. The molecular formula is C19H26N3O5+. The van der Waals surface area contributed by atoms with Crippen LogP contribution in [-0.2, 0) is 14.3 Å². The van der Waals surface area contributed by atoms with E-state index in [9.17, 15) is 19.5 Å². The molecule has 8 nitrogen and oxygen atoms in total. The van der Waals surface area contributed by atoms with Crippen LogP contribution in [0.4, 0.5) is 10.5 Å². The van der Waals surface area contributed by atoms with Crippen LogP contribution in [0.1, 0.15) is 27.2 Å². The Bertz CT molecular complexity index is 733. The zero-order chi connectivity index (χ0) is 19.8. The predicted octanol–water partition coefficient (Wildman–Crippen LogP) is 0.160. The van der Waals surface area contributed by atoms with Crippen molar-refractivity contribution in [3.8, 4) is 5.75 Å². The number of rotatable bonds is 2. The first-order valence-electron chi connectivity index (χ1n) is 9.14. The fourth-order valence-electron chi connectivity index (χ4n) is 3.48. The Labute approximate surface area is 158 Å². The molecule has 2 heterocycles. The maximum absolute atomic E-state index is 12.8. The Morgan fingerprint density at radius 2 is 1.74 bits per heavy atom. The second-order valence-corrected chi connectivity index (χ2v) is 7.97. The molecule has 0 radical (unpaired) electrons. The first-order valence-corrected chi connectivity index (χ1v) is 9.14. The third-order valence-corrected chi connectivity index (χ3v) is 4.80. The van der Waals surface area contributed by atoms with Gasteiger partial charge < -0.3 is 14.7 Å². The van der Waals surface area contributed by atoms with Crippen molar-refractivity contribution < 1.29 is 29.1 Å². The highest BCUT2D eigenvalue weighted by molar-refractivity contribution is 6.21. The van der Waals surface area contributed by atoms with Crippen molar-refractivity contribution in [3.05, 3.63) is 24.3 Å². The van der Waals surface area contributed by atoms with E-state index in [0.29, 0.717) is 31.9 Å². The van der Waals surface area contributed by atoms with Crippen LogP contribution in [0.3, 0.4) is 0 Å². The first-order chi connectivity index (χ1) is 12.7. The van der Waals surface area contributed by atoms with Gasteiger partial charge in [-0.25, -0.2) is 9.69 Å². The number of carbonyl (C=O) groups is 3. The summed E-state index contributed by atoms with van der Waals surface area (Å²) >= 11 is 0. The van der Waals surface area contributed by atoms with Crippen LogP contribution in [0.25, 0.3) is 0 Å². The predicted molar refractivity (Wildman–Crippen MR) is 97.5 cm³/mol. The van der Waals surface area contributed by atoms with E-state index < -0.39 is 11.6 Å². The number of aromatic hydroxyl groups is 1. The van der Waals surface area contributed by atoms with Gasteiger partial charge in [0, 0.05) is 0 Å². The van der Waals surface area contributed by atoms with E-state index in [4.69, 9.17) is 4.74 Å². The third kappa shape index (κ3) is 4.21. The van der Waals surface area contributed by atoms with E-state index in [1.165, 1.54) is 17.0 Å². The Morgan fingerprint density at radius 1 is 1.15 bits per heavy atom. The fraction of sp³-hybridized carbons (Fsp3) is 0.526. The van der Waals surface area contributed by atoms with Gasteiger partial charge in [0.05, 0.1) is 38.3 Å². The van der Waals surface area contributed by atoms with Crippen LogP contribution in [0.2, 0.25) is 0 Å². The number of nitrogens with one attached hydrogen (secondary N) is 1. The lowest BCUT2D eigenvalue weighted by Gasteiger charge is -2.35. The van der Waals surface area contributed by atoms with E-state index in [2.05, 4.69) is 0 Å². The Balaban J connectivity index is 1.62. The van der Waals surface area contributed by atoms with Gasteiger partial charge in [0.1, 0.15) is 11.4 Å². The van der Waals surface area contributed by atoms with Crippen LogP contribution >= 0.6 is 0 Å². The van der Waals surface area contributed by atoms with E-state index in [0.717, 1.165) is 4.90 Å². The Hall–Kier alpha value is -2.61. The average molecular weight is 376 g/mol. The molecule has 8 heteroatoms. The highest BCUT2D eigenvalue weighted by Crippen LogP contribution is 2.24. The first kappa shape index (κ1) is 19.2. The van der Waals surface area contributed by atoms with Crippen molar-refractivity contribution in [1.82, 2.24) is 4.90 Å². The number of anilines is 1. The molecule has 146 valence electrons. The van der Waals surface area contributed by atoms with Crippen LogP contribution in [-0.4, -0.2) is 65.7 Å². The zero-order valence-corrected chi connectivity index (χ0v) is 15.9. The highest BCUT2D eigenvalue weighted by Gasteiger charge is 2.46. The molecule has 0 aliphatic carbocycles. The second-order valence-electron chi connectivity index (χ2n) is 7.97. The zero-order valence-electron chi connectivity index (χ0n) is 15.9. The van der Waals surface area contributed by atoms with Crippen molar-refractivity contribution in [3.63, 3.8) is 0 Å². The molecule has 1 aromatic rings. The standard InChI is InChI=1S/C19H25N3O5/c1-19(2,3)27-18(26)21-10-8-20(9-11-21)15-12-16(24)22(17(15)25)13-4-6-14(23)7-5-13/h4-7,15,23H,8-12H2,1-3H3/p+1/t15-/m0/s1. The molecule has 3 amide bonds. The monoisotopic (exact) mass is 376 g/mol. The summed E-state index contributed by atoms with van der Waals surface area (Å²) in [5.41, 5.74) is -0.0726. The number of carbonyl (C=O) groups excluding carboxylic acids is 3. The van der Waals surface area contributed by atoms with Crippen LogP contribution in [0.5, 0.6) is 5.75 Å². The fourth-order valence-corrected chi connectivity index (χ4v) is 3.48. The molecule has 0 aromatic heterocycles. The van der Waals surface area contributed by atoms with Crippen LogP contribution in [0, 0.1) is 0 Å². The number of piperazine rings is 1. The van der Waals surface area contributed by atoms with Crippen LogP contribution in [0.15, 0.2) is 24.3 Å². The number of amides is 3. The summed E-state index contributed by atoms with van der Waals surface area (Å²) < 4.78 is 5.39. The second kappa shape index (κ2) is 7.19. The highest BCUT2D eigenvalue weighted by atomic mass is 16.6. The minimum atomic E-state index is -0.542. The molecule has 2 fully saturated rings. The summed E-state index contributed by atoms with van der Waals surface area (Å²) in [4.78, 5) is 41.2. The minimum Gasteiger partial charge on any atom is -0.508 e. The molecule has 0 spiro atoms. The summed E-state index contributed by atoms with van der Waals surface area (Å²) in [6.07, 6.45) is -0.192. The van der Waals surface area contributed by atoms with Gasteiger partial charge in [-0.05, 0) is 45.0 Å². The number of phenols is 1. The van der Waals surface area contributed by atoms with Gasteiger partial charge in [-0.15, -0.1) is 0 Å². The lowest BCUT2D eigenvalue weighted by Crippen LogP contribution is -3.19. The Kier molecular flexibility index (Phi) is 5.10. The van der Waals surface area contributed by atoms with Crippen molar-refractivity contribution >= 4 is 23.6 Å². The lowest BCUT2D eigenvalue weighted by molar-refractivity contribution is -0.918. The van der Waals surface area contributed by atoms with Crippen molar-refractivity contribution in [2.24, 2.45) is 0 Å². The van der Waals surface area contributed by atoms with E-state index >= 15 is 0 Å². The van der Waals surface area contributed by atoms with Crippen LogP contribution < -0.4 is 9.80 Å². The molecular weight excluding hydrogens is 350 g/mol. The minimum absolute atomic E-state index is 0.0817. The smallest absolute Gasteiger partial charge is 0.410 e. The van der Waals surface area contributed by atoms with Gasteiger partial charge in [-0.2, -0.15) is 0 Å². The Morgan fingerprint density at radius 3 is 2.30 bits per heavy atom. The maximum atomic E-state index is 12.8. The van der Waals surface area contributed by atoms with Crippen molar-refractivity contribution in [1.29, 1.82) is 0 Å². The topological polar surface area (TPSA) is 91.6 Å². The largest absolute Gasteiger partial charge is 0.508 e. The quantitative estimate of drug-likeness (QED) is 0.718. The van der Waals surface area contributed by atoms with Gasteiger partial charge in [-0.3, -0.25) is 14.5 Å². The lowest BCUT2D eigenvalue weighted by atomic mass is 10.1. The number of ether oxygens (including phenoxy) is 1. The van der Waals surface area contributed by atoms with E-state index in [-0.39, 0.29) is 30.1 Å². The molecule has 1 aromatic carbocycles. The molecule has 0 saturated carbocycles.